The summed E-state index contributed by atoms with van der Waals surface area (Å²) in [5.74, 6) is 0.413. The second kappa shape index (κ2) is 6.42. The van der Waals surface area contributed by atoms with Crippen LogP contribution in [0.3, 0.4) is 0 Å². The summed E-state index contributed by atoms with van der Waals surface area (Å²) in [5, 5.41) is 0. The molecule has 0 unspecified atom stereocenters. The van der Waals surface area contributed by atoms with E-state index in [9.17, 15) is 4.39 Å². The predicted octanol–water partition coefficient (Wildman–Crippen LogP) is 4.85. The van der Waals surface area contributed by atoms with Crippen molar-refractivity contribution in [3.05, 3.63) is 64.1 Å². The van der Waals surface area contributed by atoms with Crippen molar-refractivity contribution in [1.29, 1.82) is 0 Å². The fourth-order valence-electron chi connectivity index (χ4n) is 1.97. The number of nitrogens with zero attached hydrogens (tertiary/aromatic N) is 3. The molecule has 1 aromatic carbocycles. The minimum atomic E-state index is -0.463. The Kier molecular flexibility index (Phi) is 4.34. The molecule has 6 heteroatoms. The van der Waals surface area contributed by atoms with E-state index in [1.807, 2.05) is 32.0 Å². The maximum absolute atomic E-state index is 14.0. The average molecular weight is 374 g/mol. The minimum absolute atomic E-state index is 0.112. The number of hydrogen-bond donors (Lipinski definition) is 0. The molecule has 0 aliphatic rings. The summed E-state index contributed by atoms with van der Waals surface area (Å²) < 4.78 is 20.3. The van der Waals surface area contributed by atoms with Gasteiger partial charge in [0, 0.05) is 21.9 Å². The van der Waals surface area contributed by atoms with Crippen LogP contribution in [0.15, 0.2) is 47.1 Å². The number of ether oxygens (including phenoxy) is 1. The molecule has 4 nitrogen and oxygen atoms in total. The van der Waals surface area contributed by atoms with Crippen LogP contribution in [-0.4, -0.2) is 15.0 Å². The smallest absolute Gasteiger partial charge is 0.226 e. The third-order valence-corrected chi connectivity index (χ3v) is 3.83. The third-order valence-electron chi connectivity index (χ3n) is 3.34. The van der Waals surface area contributed by atoms with E-state index >= 15 is 0 Å². The second-order valence-electron chi connectivity index (χ2n) is 4.95. The molecule has 2 heterocycles. The SMILES string of the molecule is Cc1nc(-c2ccccn2)nc(Oc2ccc(Br)cc2F)c1C. The van der Waals surface area contributed by atoms with Crippen molar-refractivity contribution in [2.75, 3.05) is 0 Å². The summed E-state index contributed by atoms with van der Waals surface area (Å²) in [7, 11) is 0. The third kappa shape index (κ3) is 3.37. The molecule has 0 saturated heterocycles. The van der Waals surface area contributed by atoms with Gasteiger partial charge in [-0.05, 0) is 44.2 Å². The minimum Gasteiger partial charge on any atom is -0.436 e. The zero-order valence-corrected chi connectivity index (χ0v) is 14.1. The number of aryl methyl sites for hydroxylation is 1. The van der Waals surface area contributed by atoms with Gasteiger partial charge < -0.3 is 4.74 Å². The quantitative estimate of drug-likeness (QED) is 0.658. The molecule has 23 heavy (non-hydrogen) atoms. The molecule has 0 atom stereocenters. The van der Waals surface area contributed by atoms with Gasteiger partial charge in [-0.15, -0.1) is 0 Å². The molecule has 0 aliphatic heterocycles. The first-order valence-corrected chi connectivity index (χ1v) is 7.73. The van der Waals surface area contributed by atoms with E-state index in [-0.39, 0.29) is 5.75 Å². The Labute approximate surface area is 141 Å². The van der Waals surface area contributed by atoms with Crippen molar-refractivity contribution in [3.8, 4) is 23.1 Å². The number of rotatable bonds is 3. The van der Waals surface area contributed by atoms with E-state index in [0.717, 1.165) is 11.3 Å². The van der Waals surface area contributed by atoms with Gasteiger partial charge in [0.25, 0.3) is 0 Å². The van der Waals surface area contributed by atoms with E-state index in [1.165, 1.54) is 6.07 Å². The molecule has 0 bridgehead atoms. The molecule has 0 spiro atoms. The molecule has 2 aromatic heterocycles. The van der Waals surface area contributed by atoms with E-state index in [0.29, 0.717) is 21.9 Å². The normalized spacial score (nSPS) is 10.6. The van der Waals surface area contributed by atoms with Gasteiger partial charge in [-0.3, -0.25) is 4.98 Å². The molecule has 0 N–H and O–H groups in total. The van der Waals surface area contributed by atoms with Crippen molar-refractivity contribution in [2.45, 2.75) is 13.8 Å². The summed E-state index contributed by atoms with van der Waals surface area (Å²) in [4.78, 5) is 13.1. The van der Waals surface area contributed by atoms with Crippen LogP contribution < -0.4 is 4.74 Å². The number of benzene rings is 1. The molecule has 116 valence electrons. The highest BCUT2D eigenvalue weighted by atomic mass is 79.9. The Hall–Kier alpha value is -2.34. The first kappa shape index (κ1) is 15.6. The van der Waals surface area contributed by atoms with Gasteiger partial charge in [-0.2, -0.15) is 4.98 Å². The van der Waals surface area contributed by atoms with Crippen LogP contribution in [0, 0.1) is 19.7 Å². The fraction of sp³-hybridized carbons (Fsp3) is 0.118. The van der Waals surface area contributed by atoms with Crippen LogP contribution in [0.25, 0.3) is 11.5 Å². The highest BCUT2D eigenvalue weighted by Crippen LogP contribution is 2.29. The average Bonchev–Trinajstić information content (AvgIpc) is 2.55. The van der Waals surface area contributed by atoms with Crippen molar-refractivity contribution in [1.82, 2.24) is 15.0 Å². The molecular formula is C17H13BrFN3O. The zero-order valence-electron chi connectivity index (χ0n) is 12.5. The Morgan fingerprint density at radius 3 is 2.61 bits per heavy atom. The van der Waals surface area contributed by atoms with Gasteiger partial charge >= 0.3 is 0 Å². The van der Waals surface area contributed by atoms with Crippen LogP contribution in [0.2, 0.25) is 0 Å². The topological polar surface area (TPSA) is 47.9 Å². The van der Waals surface area contributed by atoms with Gasteiger partial charge in [0.15, 0.2) is 17.4 Å². The standard InChI is InChI=1S/C17H13BrFN3O/c1-10-11(2)21-16(14-5-3-4-8-20-14)22-17(10)23-15-7-6-12(18)9-13(15)19/h3-9H,1-2H3. The van der Waals surface area contributed by atoms with E-state index in [2.05, 4.69) is 30.9 Å². The first-order chi connectivity index (χ1) is 11.0. The molecule has 0 fully saturated rings. The van der Waals surface area contributed by atoms with Gasteiger partial charge in [0.2, 0.25) is 5.88 Å². The van der Waals surface area contributed by atoms with Crippen LogP contribution in [0.4, 0.5) is 4.39 Å². The monoisotopic (exact) mass is 373 g/mol. The number of halogens is 2. The van der Waals surface area contributed by atoms with Crippen molar-refractivity contribution < 1.29 is 9.13 Å². The van der Waals surface area contributed by atoms with Gasteiger partial charge in [0.05, 0.1) is 0 Å². The fourth-order valence-corrected chi connectivity index (χ4v) is 2.31. The second-order valence-corrected chi connectivity index (χ2v) is 5.87. The summed E-state index contributed by atoms with van der Waals surface area (Å²) in [5.41, 5.74) is 2.15. The Morgan fingerprint density at radius 1 is 1.09 bits per heavy atom. The molecule has 3 aromatic rings. The Morgan fingerprint density at radius 2 is 1.91 bits per heavy atom. The van der Waals surface area contributed by atoms with Crippen LogP contribution >= 0.6 is 15.9 Å². The van der Waals surface area contributed by atoms with Crippen molar-refractivity contribution in [2.24, 2.45) is 0 Å². The van der Waals surface area contributed by atoms with E-state index in [1.54, 1.807) is 18.3 Å². The highest BCUT2D eigenvalue weighted by Gasteiger charge is 2.14. The van der Waals surface area contributed by atoms with Crippen molar-refractivity contribution in [3.63, 3.8) is 0 Å². The lowest BCUT2D eigenvalue weighted by Crippen LogP contribution is -2.01. The summed E-state index contributed by atoms with van der Waals surface area (Å²) in [6.45, 7) is 3.69. The largest absolute Gasteiger partial charge is 0.436 e. The maximum atomic E-state index is 14.0. The van der Waals surface area contributed by atoms with E-state index in [4.69, 9.17) is 4.74 Å². The lowest BCUT2D eigenvalue weighted by atomic mass is 10.2. The summed E-state index contributed by atoms with van der Waals surface area (Å²) in [6.07, 6.45) is 1.67. The molecule has 3 rings (SSSR count). The summed E-state index contributed by atoms with van der Waals surface area (Å²) in [6, 6.07) is 10.1. The zero-order chi connectivity index (χ0) is 16.4. The number of hydrogen-bond acceptors (Lipinski definition) is 4. The Bertz CT molecular complexity index is 856. The lowest BCUT2D eigenvalue weighted by molar-refractivity contribution is 0.423. The van der Waals surface area contributed by atoms with Gasteiger partial charge in [0.1, 0.15) is 5.69 Å². The van der Waals surface area contributed by atoms with Gasteiger partial charge in [-0.25, -0.2) is 9.37 Å². The molecule has 0 saturated carbocycles. The Balaban J connectivity index is 2.03. The van der Waals surface area contributed by atoms with Crippen LogP contribution in [-0.2, 0) is 0 Å². The molecular weight excluding hydrogens is 361 g/mol. The van der Waals surface area contributed by atoms with Crippen LogP contribution in [0.5, 0.6) is 11.6 Å². The molecule has 0 aliphatic carbocycles. The molecule has 0 radical (unpaired) electrons. The summed E-state index contributed by atoms with van der Waals surface area (Å²) >= 11 is 3.22. The predicted molar refractivity (Wildman–Crippen MR) is 88.9 cm³/mol. The van der Waals surface area contributed by atoms with E-state index < -0.39 is 5.82 Å². The van der Waals surface area contributed by atoms with Gasteiger partial charge in [-0.1, -0.05) is 22.0 Å². The number of pyridine rings is 1. The maximum Gasteiger partial charge on any atom is 0.226 e. The van der Waals surface area contributed by atoms with Crippen molar-refractivity contribution >= 4 is 15.9 Å². The lowest BCUT2D eigenvalue weighted by Gasteiger charge is -2.11. The first-order valence-electron chi connectivity index (χ1n) is 6.94. The molecule has 0 amide bonds. The number of aromatic nitrogens is 3. The highest BCUT2D eigenvalue weighted by molar-refractivity contribution is 9.10. The van der Waals surface area contributed by atoms with Crippen LogP contribution in [0.1, 0.15) is 11.3 Å².